The summed E-state index contributed by atoms with van der Waals surface area (Å²) in [6.07, 6.45) is 0.349. The van der Waals surface area contributed by atoms with E-state index in [0.717, 1.165) is 5.56 Å². The number of halogens is 2. The van der Waals surface area contributed by atoms with E-state index in [1.807, 2.05) is 18.2 Å². The van der Waals surface area contributed by atoms with Gasteiger partial charge in [0.1, 0.15) is 4.90 Å². The first kappa shape index (κ1) is 22.1. The SMILES string of the molecule is O=C(CCN1CCN(S(=O)(=O)c2ccccc2Cl)CC1)NCc1ccccc1Cl. The van der Waals surface area contributed by atoms with Crippen molar-refractivity contribution in [2.45, 2.75) is 17.9 Å². The molecular weight excluding hydrogens is 433 g/mol. The van der Waals surface area contributed by atoms with Crippen LogP contribution in [-0.4, -0.2) is 56.3 Å². The second-order valence-electron chi connectivity index (χ2n) is 6.79. The molecule has 1 saturated heterocycles. The number of carbonyl (C=O) groups excluding carboxylic acids is 1. The maximum Gasteiger partial charge on any atom is 0.244 e. The number of piperazine rings is 1. The first-order valence-electron chi connectivity index (χ1n) is 9.35. The summed E-state index contributed by atoms with van der Waals surface area (Å²) in [6, 6.07) is 13.9. The van der Waals surface area contributed by atoms with Gasteiger partial charge in [-0.15, -0.1) is 0 Å². The van der Waals surface area contributed by atoms with Crippen molar-refractivity contribution in [3.63, 3.8) is 0 Å². The first-order chi connectivity index (χ1) is 13.9. The molecule has 9 heteroatoms. The molecule has 1 aliphatic rings. The van der Waals surface area contributed by atoms with E-state index in [2.05, 4.69) is 10.2 Å². The third-order valence-electron chi connectivity index (χ3n) is 4.87. The number of hydrogen-bond donors (Lipinski definition) is 1. The van der Waals surface area contributed by atoms with Crippen molar-refractivity contribution in [2.75, 3.05) is 32.7 Å². The largest absolute Gasteiger partial charge is 0.352 e. The zero-order chi connectivity index (χ0) is 20.9. The Morgan fingerprint density at radius 1 is 0.931 bits per heavy atom. The minimum atomic E-state index is -3.61. The van der Waals surface area contributed by atoms with Crippen LogP contribution in [0.2, 0.25) is 10.0 Å². The fourth-order valence-corrected chi connectivity index (χ4v) is 5.29. The molecule has 0 unspecified atom stereocenters. The fourth-order valence-electron chi connectivity index (χ4n) is 3.17. The lowest BCUT2D eigenvalue weighted by Crippen LogP contribution is -2.49. The van der Waals surface area contributed by atoms with Crippen molar-refractivity contribution in [1.82, 2.24) is 14.5 Å². The van der Waals surface area contributed by atoms with Crippen LogP contribution in [-0.2, 0) is 21.4 Å². The highest BCUT2D eigenvalue weighted by Gasteiger charge is 2.29. The van der Waals surface area contributed by atoms with Crippen LogP contribution in [0.25, 0.3) is 0 Å². The van der Waals surface area contributed by atoms with E-state index < -0.39 is 10.0 Å². The predicted molar refractivity (Wildman–Crippen MR) is 115 cm³/mol. The number of nitrogens with zero attached hydrogens (tertiary/aromatic N) is 2. The summed E-state index contributed by atoms with van der Waals surface area (Å²) in [5.74, 6) is -0.0592. The second-order valence-corrected chi connectivity index (χ2v) is 9.52. The molecule has 0 radical (unpaired) electrons. The molecule has 6 nitrogen and oxygen atoms in total. The summed E-state index contributed by atoms with van der Waals surface area (Å²) in [4.78, 5) is 14.3. The lowest BCUT2D eigenvalue weighted by Gasteiger charge is -2.34. The van der Waals surface area contributed by atoms with Crippen molar-refractivity contribution in [3.05, 3.63) is 64.1 Å². The highest BCUT2D eigenvalue weighted by atomic mass is 35.5. The normalized spacial score (nSPS) is 15.9. The average Bonchev–Trinajstić information content (AvgIpc) is 2.72. The van der Waals surface area contributed by atoms with Gasteiger partial charge >= 0.3 is 0 Å². The van der Waals surface area contributed by atoms with Crippen molar-refractivity contribution in [1.29, 1.82) is 0 Å². The van der Waals surface area contributed by atoms with Crippen molar-refractivity contribution < 1.29 is 13.2 Å². The van der Waals surface area contributed by atoms with E-state index in [9.17, 15) is 13.2 Å². The average molecular weight is 456 g/mol. The Balaban J connectivity index is 1.45. The molecule has 0 aromatic heterocycles. The van der Waals surface area contributed by atoms with E-state index >= 15 is 0 Å². The number of benzene rings is 2. The molecule has 29 heavy (non-hydrogen) atoms. The van der Waals surface area contributed by atoms with E-state index in [0.29, 0.717) is 50.7 Å². The minimum Gasteiger partial charge on any atom is -0.352 e. The summed E-state index contributed by atoms with van der Waals surface area (Å²) in [7, 11) is -3.61. The molecule has 0 spiro atoms. The van der Waals surface area contributed by atoms with Crippen LogP contribution >= 0.6 is 23.2 Å². The van der Waals surface area contributed by atoms with Crippen LogP contribution in [0.4, 0.5) is 0 Å². The van der Waals surface area contributed by atoms with Gasteiger partial charge in [0, 0.05) is 50.7 Å². The molecule has 1 aliphatic heterocycles. The Kier molecular flexibility index (Phi) is 7.54. The first-order valence-corrected chi connectivity index (χ1v) is 11.5. The molecule has 1 heterocycles. The quantitative estimate of drug-likeness (QED) is 0.696. The highest BCUT2D eigenvalue weighted by Crippen LogP contribution is 2.25. The fraction of sp³-hybridized carbons (Fsp3) is 0.350. The van der Waals surface area contributed by atoms with E-state index in [-0.39, 0.29) is 15.8 Å². The molecular formula is C20H23Cl2N3O3S. The molecule has 0 bridgehead atoms. The van der Waals surface area contributed by atoms with Gasteiger partial charge in [0.15, 0.2) is 0 Å². The number of carbonyl (C=O) groups is 1. The molecule has 0 aliphatic carbocycles. The molecule has 3 rings (SSSR count). The van der Waals surface area contributed by atoms with Crippen LogP contribution in [0.1, 0.15) is 12.0 Å². The zero-order valence-electron chi connectivity index (χ0n) is 15.9. The topological polar surface area (TPSA) is 69.7 Å². The maximum atomic E-state index is 12.8. The van der Waals surface area contributed by atoms with Gasteiger partial charge in [-0.1, -0.05) is 53.5 Å². The second kappa shape index (κ2) is 9.91. The smallest absolute Gasteiger partial charge is 0.244 e. The van der Waals surface area contributed by atoms with E-state index in [1.54, 1.807) is 24.3 Å². The highest BCUT2D eigenvalue weighted by molar-refractivity contribution is 7.89. The zero-order valence-corrected chi connectivity index (χ0v) is 18.2. The number of hydrogen-bond acceptors (Lipinski definition) is 4. The van der Waals surface area contributed by atoms with E-state index in [1.165, 1.54) is 10.4 Å². The third kappa shape index (κ3) is 5.71. The Morgan fingerprint density at radius 2 is 1.55 bits per heavy atom. The monoisotopic (exact) mass is 455 g/mol. The van der Waals surface area contributed by atoms with Gasteiger partial charge in [-0.2, -0.15) is 4.31 Å². The Morgan fingerprint density at radius 3 is 2.21 bits per heavy atom. The molecule has 1 fully saturated rings. The molecule has 0 atom stereocenters. The van der Waals surface area contributed by atoms with E-state index in [4.69, 9.17) is 23.2 Å². The summed E-state index contributed by atoms with van der Waals surface area (Å²) < 4.78 is 27.0. The number of nitrogens with one attached hydrogen (secondary N) is 1. The van der Waals surface area contributed by atoms with Crippen LogP contribution in [0.15, 0.2) is 53.4 Å². The van der Waals surface area contributed by atoms with Crippen molar-refractivity contribution >= 4 is 39.1 Å². The molecule has 0 saturated carbocycles. The lowest BCUT2D eigenvalue weighted by molar-refractivity contribution is -0.121. The van der Waals surface area contributed by atoms with Crippen LogP contribution in [0.5, 0.6) is 0 Å². The third-order valence-corrected chi connectivity index (χ3v) is 7.64. The predicted octanol–water partition coefficient (Wildman–Crippen LogP) is 3.01. The summed E-state index contributed by atoms with van der Waals surface area (Å²) >= 11 is 12.1. The van der Waals surface area contributed by atoms with Crippen LogP contribution in [0.3, 0.4) is 0 Å². The molecule has 156 valence electrons. The molecule has 2 aromatic carbocycles. The van der Waals surface area contributed by atoms with Gasteiger partial charge in [-0.25, -0.2) is 8.42 Å². The van der Waals surface area contributed by atoms with Crippen molar-refractivity contribution in [2.24, 2.45) is 0 Å². The van der Waals surface area contributed by atoms with Gasteiger partial charge in [0.05, 0.1) is 5.02 Å². The van der Waals surface area contributed by atoms with Gasteiger partial charge in [-0.3, -0.25) is 4.79 Å². The van der Waals surface area contributed by atoms with Gasteiger partial charge in [0.2, 0.25) is 15.9 Å². The van der Waals surface area contributed by atoms with Gasteiger partial charge in [0.25, 0.3) is 0 Å². The Hall–Kier alpha value is -1.64. The molecule has 2 aromatic rings. The Bertz CT molecular complexity index is 961. The van der Waals surface area contributed by atoms with Gasteiger partial charge < -0.3 is 10.2 Å². The molecule has 1 N–H and O–H groups in total. The summed E-state index contributed by atoms with van der Waals surface area (Å²) in [6.45, 7) is 2.85. The van der Waals surface area contributed by atoms with Gasteiger partial charge in [-0.05, 0) is 23.8 Å². The number of sulfonamides is 1. The maximum absolute atomic E-state index is 12.8. The van der Waals surface area contributed by atoms with Crippen LogP contribution < -0.4 is 5.32 Å². The number of rotatable bonds is 7. The minimum absolute atomic E-state index is 0.0592. The number of amides is 1. The summed E-state index contributed by atoms with van der Waals surface area (Å²) in [5, 5.41) is 3.72. The molecule has 1 amide bonds. The lowest BCUT2D eigenvalue weighted by atomic mass is 10.2. The van der Waals surface area contributed by atoms with Crippen molar-refractivity contribution in [3.8, 4) is 0 Å². The standard InChI is InChI=1S/C20H23Cl2N3O3S/c21-17-6-2-1-5-16(17)15-23-20(26)9-10-24-11-13-25(14-12-24)29(27,28)19-8-4-3-7-18(19)22/h1-8H,9-15H2,(H,23,26). The Labute approximate surface area is 181 Å². The van der Waals surface area contributed by atoms with Crippen LogP contribution in [0, 0.1) is 0 Å². The summed E-state index contributed by atoms with van der Waals surface area (Å²) in [5.41, 5.74) is 0.876.